The molecule has 1 heterocycles. The molecule has 0 bridgehead atoms. The average Bonchev–Trinajstić information content (AvgIpc) is 2.84. The Morgan fingerprint density at radius 2 is 2.10 bits per heavy atom. The molecule has 0 amide bonds. The molecule has 6 heteroatoms. The lowest BCUT2D eigenvalue weighted by Crippen LogP contribution is -2.01. The van der Waals surface area contributed by atoms with Gasteiger partial charge in [0.05, 0.1) is 18.5 Å². The third kappa shape index (κ3) is 4.15. The Balaban J connectivity index is 1.78. The summed E-state index contributed by atoms with van der Waals surface area (Å²) in [5.41, 5.74) is 1.31. The highest BCUT2D eigenvalue weighted by atomic mass is 32.2. The van der Waals surface area contributed by atoms with E-state index in [1.807, 2.05) is 11.6 Å². The molecular weight excluding hydrogens is 291 g/mol. The van der Waals surface area contributed by atoms with Gasteiger partial charge in [-0.2, -0.15) is 0 Å². The summed E-state index contributed by atoms with van der Waals surface area (Å²) >= 11 is 1.55. The molecule has 0 aliphatic carbocycles. The fourth-order valence-electron chi connectivity index (χ4n) is 1.88. The van der Waals surface area contributed by atoms with Crippen molar-refractivity contribution >= 4 is 17.5 Å². The van der Waals surface area contributed by atoms with Crippen LogP contribution in [0.1, 0.15) is 28.9 Å². The number of benzene rings is 1. The molecular formula is C15H17FN2O2S. The van der Waals surface area contributed by atoms with Crippen LogP contribution in [0.25, 0.3) is 0 Å². The van der Waals surface area contributed by atoms with E-state index in [4.69, 9.17) is 5.11 Å². The zero-order valence-electron chi connectivity index (χ0n) is 11.8. The second kappa shape index (κ2) is 7.38. The molecule has 0 saturated heterocycles. The van der Waals surface area contributed by atoms with Crippen LogP contribution in [0, 0.1) is 5.82 Å². The van der Waals surface area contributed by atoms with Crippen LogP contribution < -0.4 is 0 Å². The minimum atomic E-state index is -0.337. The van der Waals surface area contributed by atoms with Crippen LogP contribution >= 0.6 is 11.8 Å². The fourth-order valence-corrected chi connectivity index (χ4v) is 2.79. The monoisotopic (exact) mass is 308 g/mol. The zero-order chi connectivity index (χ0) is 15.2. The van der Waals surface area contributed by atoms with Crippen molar-refractivity contribution in [2.45, 2.75) is 24.6 Å². The molecule has 2 aromatic rings. The molecule has 1 aromatic heterocycles. The van der Waals surface area contributed by atoms with Crippen LogP contribution in [0.2, 0.25) is 0 Å². The van der Waals surface area contributed by atoms with E-state index in [0.717, 1.165) is 23.0 Å². The number of hydrogen-bond acceptors (Lipinski definition) is 4. The number of Topliss-reactive ketones (excluding diaryl/α,β-unsaturated/α-hetero) is 1. The first-order valence-corrected chi connectivity index (χ1v) is 7.63. The molecule has 0 radical (unpaired) electrons. The van der Waals surface area contributed by atoms with Gasteiger partial charge >= 0.3 is 0 Å². The number of thioether (sulfide) groups is 1. The number of imidazole rings is 1. The molecule has 0 aliphatic rings. The first-order chi connectivity index (χ1) is 10.1. The van der Waals surface area contributed by atoms with Crippen molar-refractivity contribution in [3.05, 3.63) is 47.5 Å². The van der Waals surface area contributed by atoms with E-state index in [1.165, 1.54) is 24.3 Å². The van der Waals surface area contributed by atoms with Gasteiger partial charge in [0.15, 0.2) is 10.9 Å². The van der Waals surface area contributed by atoms with E-state index in [0.29, 0.717) is 12.0 Å². The molecule has 4 nitrogen and oxygen atoms in total. The minimum Gasteiger partial charge on any atom is -0.390 e. The molecule has 0 unspecified atom stereocenters. The van der Waals surface area contributed by atoms with Crippen LogP contribution in [0.3, 0.4) is 0 Å². The molecule has 112 valence electrons. The Morgan fingerprint density at radius 1 is 1.38 bits per heavy atom. The van der Waals surface area contributed by atoms with Crippen molar-refractivity contribution in [2.24, 2.45) is 7.05 Å². The van der Waals surface area contributed by atoms with E-state index in [9.17, 15) is 9.18 Å². The van der Waals surface area contributed by atoms with Crippen LogP contribution in [-0.4, -0.2) is 26.2 Å². The third-order valence-corrected chi connectivity index (χ3v) is 4.28. The van der Waals surface area contributed by atoms with Crippen LogP contribution in [0.15, 0.2) is 35.6 Å². The number of aromatic nitrogens is 2. The smallest absolute Gasteiger partial charge is 0.167 e. The van der Waals surface area contributed by atoms with Crippen molar-refractivity contribution in [3.63, 3.8) is 0 Å². The van der Waals surface area contributed by atoms with Crippen LogP contribution in [-0.2, 0) is 13.7 Å². The molecule has 0 fully saturated rings. The Morgan fingerprint density at radius 3 is 2.71 bits per heavy atom. The number of nitrogens with zero attached hydrogens (tertiary/aromatic N) is 2. The second-order valence-electron chi connectivity index (χ2n) is 4.63. The normalized spacial score (nSPS) is 10.8. The SMILES string of the molecule is Cn1c(CO)cnc1SCCCC(=O)c1ccc(F)cc1. The van der Waals surface area contributed by atoms with E-state index in [1.54, 1.807) is 18.0 Å². The van der Waals surface area contributed by atoms with Gasteiger partial charge in [-0.3, -0.25) is 4.79 Å². The van der Waals surface area contributed by atoms with Crippen molar-refractivity contribution in [2.75, 3.05) is 5.75 Å². The largest absolute Gasteiger partial charge is 0.390 e. The number of halogens is 1. The number of ketones is 1. The van der Waals surface area contributed by atoms with E-state index in [-0.39, 0.29) is 18.2 Å². The maximum absolute atomic E-state index is 12.8. The van der Waals surface area contributed by atoms with Gasteiger partial charge in [0.25, 0.3) is 0 Å². The highest BCUT2D eigenvalue weighted by Gasteiger charge is 2.08. The lowest BCUT2D eigenvalue weighted by Gasteiger charge is -2.04. The maximum atomic E-state index is 12.8. The van der Waals surface area contributed by atoms with Crippen molar-refractivity contribution < 1.29 is 14.3 Å². The first kappa shape index (κ1) is 15.7. The Bertz CT molecular complexity index is 611. The second-order valence-corrected chi connectivity index (χ2v) is 5.69. The van der Waals surface area contributed by atoms with Gasteiger partial charge in [-0.05, 0) is 30.7 Å². The number of aliphatic hydroxyl groups is 1. The first-order valence-electron chi connectivity index (χ1n) is 6.65. The van der Waals surface area contributed by atoms with Crippen molar-refractivity contribution in [1.82, 2.24) is 9.55 Å². The highest BCUT2D eigenvalue weighted by molar-refractivity contribution is 7.99. The molecule has 0 atom stereocenters. The van der Waals surface area contributed by atoms with Crippen molar-refractivity contribution in [3.8, 4) is 0 Å². The fraction of sp³-hybridized carbons (Fsp3) is 0.333. The van der Waals surface area contributed by atoms with Gasteiger partial charge < -0.3 is 9.67 Å². The Hall–Kier alpha value is -1.66. The Labute approximate surface area is 127 Å². The van der Waals surface area contributed by atoms with E-state index in [2.05, 4.69) is 4.98 Å². The summed E-state index contributed by atoms with van der Waals surface area (Å²) in [4.78, 5) is 16.1. The standard InChI is InChI=1S/C15H17FN2O2S/c1-18-13(10-19)9-17-15(18)21-8-2-3-14(20)11-4-6-12(16)7-5-11/h4-7,9,19H,2-3,8,10H2,1H3. The molecule has 0 aliphatic heterocycles. The number of hydrogen-bond donors (Lipinski definition) is 1. The maximum Gasteiger partial charge on any atom is 0.167 e. The summed E-state index contributed by atoms with van der Waals surface area (Å²) in [5, 5.41) is 9.91. The van der Waals surface area contributed by atoms with E-state index >= 15 is 0 Å². The van der Waals surface area contributed by atoms with Gasteiger partial charge in [0.1, 0.15) is 5.82 Å². The lowest BCUT2D eigenvalue weighted by atomic mass is 10.1. The predicted molar refractivity (Wildman–Crippen MR) is 79.8 cm³/mol. The summed E-state index contributed by atoms with van der Waals surface area (Å²) in [6.45, 7) is -0.0346. The predicted octanol–water partition coefficient (Wildman–Crippen LogP) is 2.81. The van der Waals surface area contributed by atoms with Crippen molar-refractivity contribution in [1.29, 1.82) is 0 Å². The topological polar surface area (TPSA) is 55.1 Å². The van der Waals surface area contributed by atoms with Gasteiger partial charge in [-0.1, -0.05) is 11.8 Å². The summed E-state index contributed by atoms with van der Waals surface area (Å²) in [6, 6.07) is 5.62. The number of carbonyl (C=O) groups excluding carboxylic acids is 1. The average molecular weight is 308 g/mol. The quantitative estimate of drug-likeness (QED) is 0.485. The number of rotatable bonds is 7. The summed E-state index contributed by atoms with van der Waals surface area (Å²) in [7, 11) is 1.85. The summed E-state index contributed by atoms with van der Waals surface area (Å²) < 4.78 is 14.6. The van der Waals surface area contributed by atoms with Gasteiger partial charge in [-0.15, -0.1) is 0 Å². The van der Waals surface area contributed by atoms with Gasteiger partial charge in [-0.25, -0.2) is 9.37 Å². The lowest BCUT2D eigenvalue weighted by molar-refractivity contribution is 0.0982. The van der Waals surface area contributed by atoms with Gasteiger partial charge in [0.2, 0.25) is 0 Å². The molecule has 2 rings (SSSR count). The summed E-state index contributed by atoms with van der Waals surface area (Å²) in [6.07, 6.45) is 2.80. The molecule has 0 spiro atoms. The van der Waals surface area contributed by atoms with Gasteiger partial charge in [0, 0.05) is 24.8 Å². The number of carbonyl (C=O) groups is 1. The molecule has 1 N–H and O–H groups in total. The van der Waals surface area contributed by atoms with Crippen LogP contribution in [0.4, 0.5) is 4.39 Å². The molecule has 0 saturated carbocycles. The zero-order valence-corrected chi connectivity index (χ0v) is 12.6. The number of aliphatic hydroxyl groups excluding tert-OH is 1. The van der Waals surface area contributed by atoms with Crippen LogP contribution in [0.5, 0.6) is 0 Å². The Kier molecular flexibility index (Phi) is 5.52. The highest BCUT2D eigenvalue weighted by Crippen LogP contribution is 2.19. The summed E-state index contributed by atoms with van der Waals surface area (Å²) in [5.74, 6) is 0.450. The molecule has 21 heavy (non-hydrogen) atoms. The van der Waals surface area contributed by atoms with E-state index < -0.39 is 0 Å². The third-order valence-electron chi connectivity index (χ3n) is 3.15. The molecule has 1 aromatic carbocycles. The minimum absolute atomic E-state index is 0.0199.